The Labute approximate surface area is 116 Å². The van der Waals surface area contributed by atoms with Gasteiger partial charge in [0.2, 0.25) is 0 Å². The summed E-state index contributed by atoms with van der Waals surface area (Å²) < 4.78 is 32.6. The van der Waals surface area contributed by atoms with Gasteiger partial charge < -0.3 is 10.5 Å². The molecule has 0 bridgehead atoms. The van der Waals surface area contributed by atoms with Crippen LogP contribution in [0.25, 0.3) is 0 Å². The van der Waals surface area contributed by atoms with E-state index in [1.54, 1.807) is 0 Å². The number of ether oxygens (including phenoxy) is 1. The molecule has 1 aliphatic heterocycles. The van der Waals surface area contributed by atoms with Crippen molar-refractivity contribution >= 4 is 24.0 Å². The number of hydrogen-bond donors (Lipinski definition) is 1. The molecule has 0 unspecified atom stereocenters. The lowest BCUT2D eigenvalue weighted by Gasteiger charge is -2.28. The second kappa shape index (κ2) is 6.66. The van der Waals surface area contributed by atoms with E-state index in [1.807, 2.05) is 0 Å². The van der Waals surface area contributed by atoms with Crippen molar-refractivity contribution in [3.05, 3.63) is 34.4 Å². The average Bonchev–Trinajstić information content (AvgIpc) is 2.35. The van der Waals surface area contributed by atoms with E-state index in [0.29, 0.717) is 26.1 Å². The summed E-state index contributed by atoms with van der Waals surface area (Å²) >= 11 is 5.65. The normalized spacial score (nSPS) is 18.2. The highest BCUT2D eigenvalue weighted by Crippen LogP contribution is 2.33. The van der Waals surface area contributed by atoms with Crippen molar-refractivity contribution in [1.82, 2.24) is 0 Å². The third-order valence-corrected chi connectivity index (χ3v) is 3.48. The van der Waals surface area contributed by atoms with Gasteiger partial charge in [-0.2, -0.15) is 0 Å². The van der Waals surface area contributed by atoms with E-state index in [4.69, 9.17) is 22.1 Å². The van der Waals surface area contributed by atoms with Crippen molar-refractivity contribution in [1.29, 1.82) is 0 Å². The molecule has 0 spiro atoms. The van der Waals surface area contributed by atoms with E-state index >= 15 is 0 Å². The molecule has 1 aromatic carbocycles. The third-order valence-electron chi connectivity index (χ3n) is 3.19. The van der Waals surface area contributed by atoms with Gasteiger partial charge in [0.15, 0.2) is 0 Å². The van der Waals surface area contributed by atoms with Crippen molar-refractivity contribution in [2.45, 2.75) is 18.9 Å². The van der Waals surface area contributed by atoms with Crippen molar-refractivity contribution in [2.24, 2.45) is 11.7 Å². The molecule has 0 aliphatic carbocycles. The fourth-order valence-corrected chi connectivity index (χ4v) is 2.32. The molecule has 2 nitrogen and oxygen atoms in total. The molecule has 102 valence electrons. The highest BCUT2D eigenvalue weighted by Gasteiger charge is 2.27. The van der Waals surface area contributed by atoms with Gasteiger partial charge in [0, 0.05) is 24.8 Å². The standard InChI is InChI=1S/C12H14ClF2NO.ClH/c13-8-1-2-9(14)10(11(8)15)12(16)7-3-5-17-6-4-7;/h1-2,7,12H,3-6,16H2;1H/t12-;/m0./s1. The van der Waals surface area contributed by atoms with Gasteiger partial charge in [0.1, 0.15) is 11.6 Å². The zero-order valence-electron chi connectivity index (χ0n) is 9.67. The number of benzene rings is 1. The minimum atomic E-state index is -0.745. The van der Waals surface area contributed by atoms with Gasteiger partial charge in [-0.25, -0.2) is 8.78 Å². The number of nitrogens with two attached hydrogens (primary N) is 1. The summed E-state index contributed by atoms with van der Waals surface area (Å²) in [5.74, 6) is -1.34. The molecule has 1 atom stereocenters. The average molecular weight is 298 g/mol. The highest BCUT2D eigenvalue weighted by molar-refractivity contribution is 6.30. The van der Waals surface area contributed by atoms with Crippen LogP contribution in [0.3, 0.4) is 0 Å². The predicted molar refractivity (Wildman–Crippen MR) is 69.1 cm³/mol. The van der Waals surface area contributed by atoms with Gasteiger partial charge >= 0.3 is 0 Å². The van der Waals surface area contributed by atoms with Gasteiger partial charge in [-0.1, -0.05) is 11.6 Å². The summed E-state index contributed by atoms with van der Waals surface area (Å²) in [5, 5.41) is -0.0936. The topological polar surface area (TPSA) is 35.2 Å². The molecule has 0 saturated carbocycles. The van der Waals surface area contributed by atoms with E-state index in [2.05, 4.69) is 0 Å². The summed E-state index contributed by atoms with van der Waals surface area (Å²) in [6, 6.07) is 1.68. The minimum Gasteiger partial charge on any atom is -0.381 e. The van der Waals surface area contributed by atoms with Crippen LogP contribution < -0.4 is 5.73 Å². The Hall–Kier alpha value is -0.420. The Morgan fingerprint density at radius 1 is 1.28 bits per heavy atom. The van der Waals surface area contributed by atoms with Crippen molar-refractivity contribution in [3.8, 4) is 0 Å². The van der Waals surface area contributed by atoms with Gasteiger partial charge in [-0.05, 0) is 30.9 Å². The molecule has 18 heavy (non-hydrogen) atoms. The van der Waals surface area contributed by atoms with Crippen LogP contribution in [0.4, 0.5) is 8.78 Å². The Balaban J connectivity index is 0.00000162. The van der Waals surface area contributed by atoms with Crippen LogP contribution in [0, 0.1) is 17.6 Å². The largest absolute Gasteiger partial charge is 0.381 e. The lowest BCUT2D eigenvalue weighted by molar-refractivity contribution is 0.0576. The van der Waals surface area contributed by atoms with Gasteiger partial charge in [0.25, 0.3) is 0 Å². The Bertz CT molecular complexity index is 411. The zero-order valence-corrected chi connectivity index (χ0v) is 11.2. The first kappa shape index (κ1) is 15.6. The summed E-state index contributed by atoms with van der Waals surface area (Å²) in [5.41, 5.74) is 5.84. The molecular formula is C12H15Cl2F2NO. The molecule has 6 heteroatoms. The molecule has 0 radical (unpaired) electrons. The van der Waals surface area contributed by atoms with Crippen LogP contribution >= 0.6 is 24.0 Å². The van der Waals surface area contributed by atoms with E-state index in [0.717, 1.165) is 6.07 Å². The summed E-state index contributed by atoms with van der Waals surface area (Å²) in [4.78, 5) is 0. The number of hydrogen-bond acceptors (Lipinski definition) is 2. The second-order valence-electron chi connectivity index (χ2n) is 4.23. The molecule has 1 saturated heterocycles. The first-order chi connectivity index (χ1) is 8.11. The third kappa shape index (κ3) is 3.12. The molecule has 1 heterocycles. The van der Waals surface area contributed by atoms with Crippen LogP contribution in [0.5, 0.6) is 0 Å². The second-order valence-corrected chi connectivity index (χ2v) is 4.64. The number of halogens is 4. The van der Waals surface area contributed by atoms with Crippen molar-refractivity contribution in [2.75, 3.05) is 13.2 Å². The van der Waals surface area contributed by atoms with E-state index in [-0.39, 0.29) is 28.9 Å². The monoisotopic (exact) mass is 297 g/mol. The molecule has 2 N–H and O–H groups in total. The van der Waals surface area contributed by atoms with Gasteiger partial charge in [0.05, 0.1) is 5.02 Å². The molecule has 1 aliphatic rings. The van der Waals surface area contributed by atoms with Crippen LogP contribution in [0.1, 0.15) is 24.4 Å². The lowest BCUT2D eigenvalue weighted by Crippen LogP contribution is -2.29. The van der Waals surface area contributed by atoms with Crippen molar-refractivity contribution in [3.63, 3.8) is 0 Å². The maximum Gasteiger partial charge on any atom is 0.149 e. The molecule has 1 aromatic rings. The van der Waals surface area contributed by atoms with E-state index in [1.165, 1.54) is 6.07 Å². The van der Waals surface area contributed by atoms with Crippen LogP contribution in [-0.4, -0.2) is 13.2 Å². The van der Waals surface area contributed by atoms with Gasteiger partial charge in [-0.15, -0.1) is 12.4 Å². The summed E-state index contributed by atoms with van der Waals surface area (Å²) in [6.45, 7) is 1.17. The quantitative estimate of drug-likeness (QED) is 0.849. The summed E-state index contributed by atoms with van der Waals surface area (Å²) in [6.07, 6.45) is 1.43. The highest BCUT2D eigenvalue weighted by atomic mass is 35.5. The zero-order chi connectivity index (χ0) is 12.4. The van der Waals surface area contributed by atoms with Gasteiger partial charge in [-0.3, -0.25) is 0 Å². The maximum atomic E-state index is 13.8. The lowest BCUT2D eigenvalue weighted by atomic mass is 9.87. The Kier molecular flexibility index (Phi) is 5.79. The maximum absolute atomic E-state index is 13.8. The van der Waals surface area contributed by atoms with Crippen molar-refractivity contribution < 1.29 is 13.5 Å². The fraction of sp³-hybridized carbons (Fsp3) is 0.500. The molecule has 0 amide bonds. The Morgan fingerprint density at radius 2 is 1.89 bits per heavy atom. The SMILES string of the molecule is Cl.N[C@H](c1c(F)ccc(Cl)c1F)C1CCOCC1. The predicted octanol–water partition coefficient (Wildman–Crippen LogP) is 3.47. The van der Waals surface area contributed by atoms with Crippen LogP contribution in [0.15, 0.2) is 12.1 Å². The molecule has 1 fully saturated rings. The number of rotatable bonds is 2. The molecular weight excluding hydrogens is 283 g/mol. The Morgan fingerprint density at radius 3 is 2.50 bits per heavy atom. The smallest absolute Gasteiger partial charge is 0.149 e. The molecule has 0 aromatic heterocycles. The fourth-order valence-electron chi connectivity index (χ4n) is 2.16. The first-order valence-electron chi connectivity index (χ1n) is 5.58. The van der Waals surface area contributed by atoms with E-state index < -0.39 is 17.7 Å². The minimum absolute atomic E-state index is 0. The van der Waals surface area contributed by atoms with E-state index in [9.17, 15) is 8.78 Å². The van der Waals surface area contributed by atoms with Crippen LogP contribution in [0.2, 0.25) is 5.02 Å². The van der Waals surface area contributed by atoms with Crippen LogP contribution in [-0.2, 0) is 4.74 Å². The first-order valence-corrected chi connectivity index (χ1v) is 5.95. The molecule has 2 rings (SSSR count). The summed E-state index contributed by atoms with van der Waals surface area (Å²) in [7, 11) is 0.